The highest BCUT2D eigenvalue weighted by atomic mass is 16.5. The van der Waals surface area contributed by atoms with Gasteiger partial charge in [0.25, 0.3) is 5.91 Å². The number of fused-ring (bicyclic) bond motifs is 1. The second-order valence-corrected chi connectivity index (χ2v) is 6.59. The minimum absolute atomic E-state index is 0.117. The van der Waals surface area contributed by atoms with Gasteiger partial charge in [0.1, 0.15) is 0 Å². The average molecular weight is 371 g/mol. The van der Waals surface area contributed by atoms with Crippen molar-refractivity contribution >= 4 is 11.6 Å². The van der Waals surface area contributed by atoms with E-state index in [0.29, 0.717) is 17.9 Å². The van der Waals surface area contributed by atoms with Gasteiger partial charge in [0.05, 0.1) is 25.0 Å². The van der Waals surface area contributed by atoms with Crippen molar-refractivity contribution < 1.29 is 9.53 Å². The highest BCUT2D eigenvalue weighted by Crippen LogP contribution is 2.29. The maximum atomic E-state index is 12.5. The molecule has 1 amide bonds. The number of methoxy groups -OCH3 is 1. The number of amides is 1. The fourth-order valence-corrected chi connectivity index (χ4v) is 3.22. The van der Waals surface area contributed by atoms with Gasteiger partial charge in [-0.25, -0.2) is 4.98 Å². The minimum Gasteiger partial charge on any atom is -0.493 e. The van der Waals surface area contributed by atoms with Crippen molar-refractivity contribution in [1.29, 1.82) is 0 Å². The van der Waals surface area contributed by atoms with Crippen LogP contribution in [0.15, 0.2) is 72.9 Å². The maximum absolute atomic E-state index is 12.5. The van der Waals surface area contributed by atoms with Gasteiger partial charge in [-0.15, -0.1) is 0 Å². The third kappa shape index (κ3) is 3.34. The Bertz CT molecular complexity index is 1120. The lowest BCUT2D eigenvalue weighted by Gasteiger charge is -2.09. The first-order chi connectivity index (χ1) is 13.7. The third-order valence-electron chi connectivity index (χ3n) is 4.71. The summed E-state index contributed by atoms with van der Waals surface area (Å²) in [5, 5.41) is 3.01. The number of benzene rings is 2. The largest absolute Gasteiger partial charge is 0.493 e. The van der Waals surface area contributed by atoms with Crippen molar-refractivity contribution in [3.63, 3.8) is 0 Å². The quantitative estimate of drug-likeness (QED) is 0.571. The summed E-state index contributed by atoms with van der Waals surface area (Å²) in [6.45, 7) is 2.41. The van der Waals surface area contributed by atoms with E-state index in [1.54, 1.807) is 19.2 Å². The van der Waals surface area contributed by atoms with Gasteiger partial charge in [-0.3, -0.25) is 9.20 Å². The molecule has 1 N–H and O–H groups in total. The molecule has 2 heterocycles. The molecule has 2 aromatic carbocycles. The zero-order valence-corrected chi connectivity index (χ0v) is 15.8. The number of aromatic nitrogens is 2. The van der Waals surface area contributed by atoms with Gasteiger partial charge < -0.3 is 10.1 Å². The van der Waals surface area contributed by atoms with E-state index >= 15 is 0 Å². The lowest BCUT2D eigenvalue weighted by molar-refractivity contribution is 0.0950. The summed E-state index contributed by atoms with van der Waals surface area (Å²) >= 11 is 0. The van der Waals surface area contributed by atoms with E-state index in [4.69, 9.17) is 9.72 Å². The van der Waals surface area contributed by atoms with Crippen molar-refractivity contribution in [3.05, 3.63) is 89.7 Å². The fourth-order valence-electron chi connectivity index (χ4n) is 3.22. The Morgan fingerprint density at radius 3 is 2.50 bits per heavy atom. The van der Waals surface area contributed by atoms with Crippen LogP contribution >= 0.6 is 0 Å². The highest BCUT2D eigenvalue weighted by molar-refractivity contribution is 5.94. The summed E-state index contributed by atoms with van der Waals surface area (Å²) in [5.74, 6) is 0.574. The third-order valence-corrected chi connectivity index (χ3v) is 4.71. The van der Waals surface area contributed by atoms with Crippen LogP contribution in [0, 0.1) is 6.92 Å². The molecule has 0 unspecified atom stereocenters. The number of hydrogen-bond acceptors (Lipinski definition) is 3. The van der Waals surface area contributed by atoms with Crippen LogP contribution in [0.1, 0.15) is 21.6 Å². The number of imidazole rings is 1. The van der Waals surface area contributed by atoms with Crippen LogP contribution in [0.2, 0.25) is 0 Å². The fraction of sp³-hybridized carbons (Fsp3) is 0.130. The van der Waals surface area contributed by atoms with E-state index in [2.05, 4.69) is 24.4 Å². The SMILES string of the molecule is COc1cccn2c(CNC(=O)c3ccccc3)c(-c3ccc(C)cc3)nc12. The molecule has 2 aromatic heterocycles. The Balaban J connectivity index is 1.75. The van der Waals surface area contributed by atoms with Crippen LogP contribution in [0.3, 0.4) is 0 Å². The van der Waals surface area contributed by atoms with Gasteiger partial charge in [-0.05, 0) is 31.2 Å². The van der Waals surface area contributed by atoms with Gasteiger partial charge in [0.15, 0.2) is 11.4 Å². The molecular formula is C23H21N3O2. The Labute approximate surface area is 163 Å². The number of aryl methyl sites for hydroxylation is 1. The zero-order chi connectivity index (χ0) is 19.5. The number of hydrogen-bond donors (Lipinski definition) is 1. The van der Waals surface area contributed by atoms with Crippen molar-refractivity contribution in [1.82, 2.24) is 14.7 Å². The van der Waals surface area contributed by atoms with Gasteiger partial charge in [0.2, 0.25) is 0 Å². The molecule has 0 aliphatic carbocycles. The normalized spacial score (nSPS) is 10.8. The number of carbonyl (C=O) groups excluding carboxylic acids is 1. The van der Waals surface area contributed by atoms with E-state index < -0.39 is 0 Å². The average Bonchev–Trinajstić information content (AvgIpc) is 3.11. The van der Waals surface area contributed by atoms with Gasteiger partial charge in [-0.1, -0.05) is 48.0 Å². The van der Waals surface area contributed by atoms with Gasteiger partial charge in [0, 0.05) is 17.3 Å². The summed E-state index contributed by atoms with van der Waals surface area (Å²) in [6, 6.07) is 21.2. The molecule has 0 fully saturated rings. The molecule has 0 aliphatic heterocycles. The second kappa shape index (κ2) is 7.56. The van der Waals surface area contributed by atoms with Crippen LogP contribution in [-0.2, 0) is 6.54 Å². The van der Waals surface area contributed by atoms with Crippen molar-refractivity contribution in [3.8, 4) is 17.0 Å². The summed E-state index contributed by atoms with van der Waals surface area (Å²) in [7, 11) is 1.63. The summed E-state index contributed by atoms with van der Waals surface area (Å²) < 4.78 is 7.45. The minimum atomic E-state index is -0.117. The lowest BCUT2D eigenvalue weighted by Crippen LogP contribution is -2.23. The number of carbonyl (C=O) groups is 1. The number of ether oxygens (including phenoxy) is 1. The molecule has 0 aliphatic rings. The first-order valence-electron chi connectivity index (χ1n) is 9.11. The van der Waals surface area contributed by atoms with Crippen LogP contribution in [0.25, 0.3) is 16.9 Å². The smallest absolute Gasteiger partial charge is 0.251 e. The highest BCUT2D eigenvalue weighted by Gasteiger charge is 2.17. The van der Waals surface area contributed by atoms with Crippen molar-refractivity contribution in [2.45, 2.75) is 13.5 Å². The summed E-state index contributed by atoms with van der Waals surface area (Å²) in [5.41, 5.74) is 5.28. The number of pyridine rings is 1. The number of nitrogens with one attached hydrogen (secondary N) is 1. The molecule has 0 saturated heterocycles. The van der Waals surface area contributed by atoms with Crippen molar-refractivity contribution in [2.24, 2.45) is 0 Å². The first kappa shape index (κ1) is 17.8. The Hall–Kier alpha value is -3.60. The lowest BCUT2D eigenvalue weighted by atomic mass is 10.1. The molecule has 5 nitrogen and oxygen atoms in total. The Morgan fingerprint density at radius 2 is 1.79 bits per heavy atom. The van der Waals surface area contributed by atoms with Crippen molar-refractivity contribution in [2.75, 3.05) is 7.11 Å². The monoisotopic (exact) mass is 371 g/mol. The van der Waals surface area contributed by atoms with Crippen LogP contribution < -0.4 is 10.1 Å². The number of nitrogens with zero attached hydrogens (tertiary/aromatic N) is 2. The van der Waals surface area contributed by atoms with E-state index in [1.165, 1.54) is 5.56 Å². The zero-order valence-electron chi connectivity index (χ0n) is 15.8. The molecule has 28 heavy (non-hydrogen) atoms. The predicted octanol–water partition coefficient (Wildman–Crippen LogP) is 4.25. The van der Waals surface area contributed by atoms with Gasteiger partial charge in [-0.2, -0.15) is 0 Å². The maximum Gasteiger partial charge on any atom is 0.251 e. The predicted molar refractivity (Wildman–Crippen MR) is 110 cm³/mol. The summed E-state index contributed by atoms with van der Waals surface area (Å²) in [4.78, 5) is 17.3. The molecule has 0 spiro atoms. The molecule has 4 aromatic rings. The standard InChI is InChI=1S/C23H21N3O2/c1-16-10-12-17(13-11-16)21-19(15-24-23(27)18-7-4-3-5-8-18)26-14-6-9-20(28-2)22(26)25-21/h3-14H,15H2,1-2H3,(H,24,27). The Morgan fingerprint density at radius 1 is 1.04 bits per heavy atom. The molecule has 0 saturated carbocycles. The molecule has 0 bridgehead atoms. The molecule has 4 rings (SSSR count). The number of rotatable bonds is 5. The van der Waals surface area contributed by atoms with Crippen LogP contribution in [-0.4, -0.2) is 22.4 Å². The van der Waals surface area contributed by atoms with Crippen LogP contribution in [0.5, 0.6) is 5.75 Å². The van der Waals surface area contributed by atoms with E-state index in [0.717, 1.165) is 22.6 Å². The summed E-state index contributed by atoms with van der Waals surface area (Å²) in [6.07, 6.45) is 1.94. The van der Waals surface area contributed by atoms with E-state index in [9.17, 15) is 4.79 Å². The molecule has 0 atom stereocenters. The van der Waals surface area contributed by atoms with E-state index in [1.807, 2.05) is 53.1 Å². The Kier molecular flexibility index (Phi) is 4.81. The van der Waals surface area contributed by atoms with E-state index in [-0.39, 0.29) is 5.91 Å². The molecule has 0 radical (unpaired) electrons. The second-order valence-electron chi connectivity index (χ2n) is 6.59. The first-order valence-corrected chi connectivity index (χ1v) is 9.11. The van der Waals surface area contributed by atoms with Gasteiger partial charge >= 0.3 is 0 Å². The topological polar surface area (TPSA) is 55.6 Å². The van der Waals surface area contributed by atoms with Crippen LogP contribution in [0.4, 0.5) is 0 Å². The molecule has 5 heteroatoms. The molecule has 140 valence electrons. The molecular weight excluding hydrogens is 350 g/mol.